The zero-order chi connectivity index (χ0) is 19.4. The van der Waals surface area contributed by atoms with Gasteiger partial charge in [-0.25, -0.2) is 17.5 Å². The Morgan fingerprint density at radius 2 is 1.96 bits per heavy atom. The predicted octanol–water partition coefficient (Wildman–Crippen LogP) is 3.09. The van der Waals surface area contributed by atoms with E-state index in [1.54, 1.807) is 29.2 Å². The first-order chi connectivity index (χ1) is 12.9. The van der Waals surface area contributed by atoms with Gasteiger partial charge in [-0.1, -0.05) is 24.3 Å². The second kappa shape index (κ2) is 8.02. The molecule has 2 aromatic rings. The third kappa shape index (κ3) is 4.81. The van der Waals surface area contributed by atoms with E-state index in [0.29, 0.717) is 11.1 Å². The molecular formula is C20H21FN2O3S. The van der Waals surface area contributed by atoms with Crippen LogP contribution in [-0.2, 0) is 16.6 Å². The van der Waals surface area contributed by atoms with Gasteiger partial charge in [0.15, 0.2) is 0 Å². The molecule has 0 saturated heterocycles. The number of nitrogens with one attached hydrogen (secondary N) is 1. The monoisotopic (exact) mass is 388 g/mol. The van der Waals surface area contributed by atoms with Crippen LogP contribution >= 0.6 is 0 Å². The van der Waals surface area contributed by atoms with Gasteiger partial charge in [-0.2, -0.15) is 0 Å². The van der Waals surface area contributed by atoms with Crippen molar-refractivity contribution in [1.29, 1.82) is 0 Å². The molecule has 1 saturated carbocycles. The van der Waals surface area contributed by atoms with Crippen molar-refractivity contribution in [3.8, 4) is 0 Å². The van der Waals surface area contributed by atoms with Crippen LogP contribution in [0.3, 0.4) is 0 Å². The lowest BCUT2D eigenvalue weighted by molar-refractivity contribution is 0.0729. The minimum absolute atomic E-state index is 0.0247. The smallest absolute Gasteiger partial charge is 0.254 e. The van der Waals surface area contributed by atoms with Crippen LogP contribution in [0.25, 0.3) is 0 Å². The Labute approximate surface area is 158 Å². The first kappa shape index (κ1) is 19.3. The van der Waals surface area contributed by atoms with Crippen LogP contribution in [0.5, 0.6) is 0 Å². The van der Waals surface area contributed by atoms with Gasteiger partial charge in [0.25, 0.3) is 5.91 Å². The lowest BCUT2D eigenvalue weighted by Gasteiger charge is -2.23. The number of hydrogen-bond donors (Lipinski definition) is 1. The number of hydrogen-bond acceptors (Lipinski definition) is 3. The van der Waals surface area contributed by atoms with E-state index >= 15 is 0 Å². The summed E-state index contributed by atoms with van der Waals surface area (Å²) in [6.45, 7) is 3.87. The van der Waals surface area contributed by atoms with Crippen molar-refractivity contribution in [3.63, 3.8) is 0 Å². The fourth-order valence-electron chi connectivity index (χ4n) is 2.80. The first-order valence-corrected chi connectivity index (χ1v) is 10.1. The van der Waals surface area contributed by atoms with Gasteiger partial charge in [-0.15, -0.1) is 6.58 Å². The molecule has 0 radical (unpaired) electrons. The van der Waals surface area contributed by atoms with E-state index in [1.807, 2.05) is 0 Å². The Bertz CT molecular complexity index is 955. The lowest BCUT2D eigenvalue weighted by Crippen LogP contribution is -2.33. The highest BCUT2D eigenvalue weighted by Crippen LogP contribution is 2.30. The average molecular weight is 388 g/mol. The van der Waals surface area contributed by atoms with Crippen LogP contribution in [0.2, 0.25) is 0 Å². The van der Waals surface area contributed by atoms with Gasteiger partial charge in [-0.05, 0) is 48.7 Å². The molecule has 0 unspecified atom stereocenters. The van der Waals surface area contributed by atoms with E-state index < -0.39 is 10.0 Å². The summed E-state index contributed by atoms with van der Waals surface area (Å²) in [6, 6.07) is 12.2. The summed E-state index contributed by atoms with van der Waals surface area (Å²) in [6.07, 6.45) is 3.22. The molecule has 3 rings (SSSR count). The third-order valence-electron chi connectivity index (χ3n) is 4.30. The highest BCUT2D eigenvalue weighted by molar-refractivity contribution is 7.89. The fourth-order valence-corrected chi connectivity index (χ4v) is 3.84. The molecule has 0 heterocycles. The number of sulfonamides is 1. The summed E-state index contributed by atoms with van der Waals surface area (Å²) >= 11 is 0. The van der Waals surface area contributed by atoms with Crippen molar-refractivity contribution in [3.05, 3.63) is 78.1 Å². The van der Waals surface area contributed by atoms with E-state index in [0.717, 1.165) is 12.8 Å². The number of halogens is 1. The van der Waals surface area contributed by atoms with E-state index in [4.69, 9.17) is 0 Å². The molecule has 27 heavy (non-hydrogen) atoms. The van der Waals surface area contributed by atoms with Crippen molar-refractivity contribution in [2.75, 3.05) is 6.54 Å². The molecule has 0 bridgehead atoms. The van der Waals surface area contributed by atoms with Crippen LogP contribution in [0.1, 0.15) is 28.8 Å². The van der Waals surface area contributed by atoms with Crippen LogP contribution in [0.15, 0.2) is 66.1 Å². The van der Waals surface area contributed by atoms with Crippen LogP contribution < -0.4 is 4.72 Å². The molecule has 1 aliphatic carbocycles. The molecule has 1 N–H and O–H groups in total. The summed E-state index contributed by atoms with van der Waals surface area (Å²) < 4.78 is 40.4. The van der Waals surface area contributed by atoms with Gasteiger partial charge < -0.3 is 4.90 Å². The molecule has 1 fully saturated rings. The second-order valence-electron chi connectivity index (χ2n) is 6.46. The zero-order valence-corrected chi connectivity index (χ0v) is 15.6. The molecule has 2 aromatic carbocycles. The largest absolute Gasteiger partial charge is 0.331 e. The first-order valence-electron chi connectivity index (χ1n) is 8.67. The van der Waals surface area contributed by atoms with Gasteiger partial charge in [-0.3, -0.25) is 4.79 Å². The maximum atomic E-state index is 13.5. The summed E-state index contributed by atoms with van der Waals surface area (Å²) in [5.41, 5.74) is 0.992. The molecule has 5 nitrogen and oxygen atoms in total. The fraction of sp³-hybridized carbons (Fsp3) is 0.250. The van der Waals surface area contributed by atoms with E-state index in [-0.39, 0.29) is 35.8 Å². The highest BCUT2D eigenvalue weighted by Gasteiger charge is 2.33. The summed E-state index contributed by atoms with van der Waals surface area (Å²) in [5.74, 6) is -0.611. The minimum atomic E-state index is -3.71. The maximum Gasteiger partial charge on any atom is 0.254 e. The maximum absolute atomic E-state index is 13.5. The molecule has 0 aliphatic heterocycles. The average Bonchev–Trinajstić information content (AvgIpc) is 3.49. The Hall–Kier alpha value is -2.51. The van der Waals surface area contributed by atoms with Crippen molar-refractivity contribution in [1.82, 2.24) is 9.62 Å². The van der Waals surface area contributed by atoms with E-state index in [1.165, 1.54) is 30.3 Å². The summed E-state index contributed by atoms with van der Waals surface area (Å²) in [4.78, 5) is 14.7. The number of rotatable bonds is 8. The number of carbonyl (C=O) groups is 1. The Morgan fingerprint density at radius 3 is 2.63 bits per heavy atom. The Kier molecular flexibility index (Phi) is 5.72. The van der Waals surface area contributed by atoms with E-state index in [2.05, 4.69) is 11.3 Å². The molecule has 7 heteroatoms. The van der Waals surface area contributed by atoms with Gasteiger partial charge in [0.1, 0.15) is 5.82 Å². The number of nitrogens with zero attached hydrogens (tertiary/aromatic N) is 1. The Morgan fingerprint density at radius 1 is 1.22 bits per heavy atom. The molecule has 142 valence electrons. The SMILES string of the molecule is C=CCNS(=O)(=O)c1cccc(C(=O)N(Cc2cccc(F)c2)C2CC2)c1. The van der Waals surface area contributed by atoms with Crippen molar-refractivity contribution in [2.24, 2.45) is 0 Å². The molecule has 0 spiro atoms. The van der Waals surface area contributed by atoms with E-state index in [9.17, 15) is 17.6 Å². The molecule has 1 aliphatic rings. The highest BCUT2D eigenvalue weighted by atomic mass is 32.2. The van der Waals surface area contributed by atoms with Crippen LogP contribution in [-0.4, -0.2) is 31.8 Å². The zero-order valence-electron chi connectivity index (χ0n) is 14.8. The second-order valence-corrected chi connectivity index (χ2v) is 8.23. The number of amides is 1. The molecular weight excluding hydrogens is 367 g/mol. The van der Waals surface area contributed by atoms with Crippen LogP contribution in [0.4, 0.5) is 4.39 Å². The van der Waals surface area contributed by atoms with Crippen LogP contribution in [0, 0.1) is 5.82 Å². The summed E-state index contributed by atoms with van der Waals surface area (Å²) in [7, 11) is -3.71. The van der Waals surface area contributed by atoms with Gasteiger partial charge in [0.05, 0.1) is 4.90 Å². The lowest BCUT2D eigenvalue weighted by atomic mass is 10.1. The summed E-state index contributed by atoms with van der Waals surface area (Å²) in [5, 5.41) is 0. The van der Waals surface area contributed by atoms with Crippen molar-refractivity contribution in [2.45, 2.75) is 30.3 Å². The third-order valence-corrected chi connectivity index (χ3v) is 5.72. The van der Waals surface area contributed by atoms with Gasteiger partial charge >= 0.3 is 0 Å². The molecule has 0 atom stereocenters. The quantitative estimate of drug-likeness (QED) is 0.707. The predicted molar refractivity (Wildman–Crippen MR) is 101 cm³/mol. The Balaban J connectivity index is 1.84. The standard InChI is InChI=1S/C20H21FN2O3S/c1-2-11-22-27(25,26)19-8-4-6-16(13-19)20(24)23(18-9-10-18)14-15-5-3-7-17(21)12-15/h2-8,12-13,18,22H,1,9-11,14H2. The van der Waals surface area contributed by atoms with Gasteiger partial charge in [0.2, 0.25) is 10.0 Å². The topological polar surface area (TPSA) is 66.5 Å². The normalized spacial score (nSPS) is 14.0. The minimum Gasteiger partial charge on any atom is -0.331 e. The van der Waals surface area contributed by atoms with Crippen molar-refractivity contribution >= 4 is 15.9 Å². The number of carbonyl (C=O) groups excluding carboxylic acids is 1. The van der Waals surface area contributed by atoms with Gasteiger partial charge in [0, 0.05) is 24.7 Å². The molecule has 1 amide bonds. The molecule has 0 aromatic heterocycles. The van der Waals surface area contributed by atoms with Crippen molar-refractivity contribution < 1.29 is 17.6 Å². The number of benzene rings is 2.